The third-order valence-corrected chi connectivity index (χ3v) is 6.79. The van der Waals surface area contributed by atoms with Crippen molar-refractivity contribution in [1.82, 2.24) is 14.5 Å². The summed E-state index contributed by atoms with van der Waals surface area (Å²) >= 11 is 0. The normalized spacial score (nSPS) is 15.2. The molecule has 0 spiro atoms. The van der Waals surface area contributed by atoms with E-state index in [-0.39, 0.29) is 29.8 Å². The van der Waals surface area contributed by atoms with E-state index in [1.165, 1.54) is 14.2 Å². The Morgan fingerprint density at radius 3 is 2.44 bits per heavy atom. The zero-order chi connectivity index (χ0) is 25.2. The quantitative estimate of drug-likeness (QED) is 0.518. The molecule has 2 fully saturated rings. The molecule has 1 N–H and O–H groups in total. The molecular weight excluding hydrogens is 460 g/mol. The van der Waals surface area contributed by atoms with Crippen LogP contribution in [0.4, 0.5) is 5.69 Å². The number of aryl methyl sites for hydroxylation is 1. The molecule has 0 atom stereocenters. The topological polar surface area (TPSA) is 103 Å². The highest BCUT2D eigenvalue weighted by molar-refractivity contribution is 6.04. The Morgan fingerprint density at radius 2 is 1.75 bits per heavy atom. The summed E-state index contributed by atoms with van der Waals surface area (Å²) in [7, 11) is 3.02. The van der Waals surface area contributed by atoms with Crippen molar-refractivity contribution in [2.75, 3.05) is 32.6 Å². The lowest BCUT2D eigenvalue weighted by Gasteiger charge is -2.20. The van der Waals surface area contributed by atoms with Gasteiger partial charge < -0.3 is 19.7 Å². The fourth-order valence-electron chi connectivity index (χ4n) is 4.77. The van der Waals surface area contributed by atoms with E-state index >= 15 is 0 Å². The number of carbonyl (C=O) groups is 2. The Bertz CT molecular complexity index is 1370. The van der Waals surface area contributed by atoms with Crippen LogP contribution in [0.5, 0.6) is 11.5 Å². The van der Waals surface area contributed by atoms with Crippen LogP contribution in [0.25, 0.3) is 10.9 Å². The lowest BCUT2D eigenvalue weighted by Crippen LogP contribution is -2.29. The lowest BCUT2D eigenvalue weighted by molar-refractivity contribution is -0.116. The highest BCUT2D eigenvalue weighted by Gasteiger charge is 2.29. The van der Waals surface area contributed by atoms with E-state index in [9.17, 15) is 14.4 Å². The summed E-state index contributed by atoms with van der Waals surface area (Å²) in [6.45, 7) is 1.37. The van der Waals surface area contributed by atoms with E-state index < -0.39 is 0 Å². The van der Waals surface area contributed by atoms with Gasteiger partial charge in [-0.3, -0.25) is 19.0 Å². The van der Waals surface area contributed by atoms with E-state index in [0.29, 0.717) is 59.0 Å². The second-order valence-electron chi connectivity index (χ2n) is 9.25. The maximum atomic E-state index is 13.2. The number of fused-ring (bicyclic) bond motifs is 1. The summed E-state index contributed by atoms with van der Waals surface area (Å²) in [5.41, 5.74) is 1.31. The predicted octanol–water partition coefficient (Wildman–Crippen LogP) is 3.56. The summed E-state index contributed by atoms with van der Waals surface area (Å²) in [4.78, 5) is 45.9. The van der Waals surface area contributed by atoms with Crippen molar-refractivity contribution >= 4 is 28.4 Å². The van der Waals surface area contributed by atoms with Gasteiger partial charge in [-0.25, -0.2) is 4.98 Å². The van der Waals surface area contributed by atoms with Crippen molar-refractivity contribution in [2.24, 2.45) is 0 Å². The number of carbonyl (C=O) groups excluding carboxylic acids is 2. The Morgan fingerprint density at radius 1 is 1.06 bits per heavy atom. The molecule has 1 saturated heterocycles. The number of anilines is 1. The minimum atomic E-state index is -0.276. The SMILES string of the molecule is COc1cc(NC(=O)CCc2nc3ccccc3c(=O)n2C2CC2)c(C(=O)N2CCCC2)cc1OC. The van der Waals surface area contributed by atoms with Crippen molar-refractivity contribution < 1.29 is 19.1 Å². The Balaban J connectivity index is 1.39. The molecule has 2 aromatic carbocycles. The first kappa shape index (κ1) is 23.8. The molecule has 9 nitrogen and oxygen atoms in total. The summed E-state index contributed by atoms with van der Waals surface area (Å²) in [6, 6.07) is 10.7. The minimum absolute atomic E-state index is 0.0584. The monoisotopic (exact) mass is 490 g/mol. The van der Waals surface area contributed by atoms with Gasteiger partial charge in [0.25, 0.3) is 11.5 Å². The largest absolute Gasteiger partial charge is 0.493 e. The van der Waals surface area contributed by atoms with Crippen LogP contribution in [0.2, 0.25) is 0 Å². The number of amides is 2. The average molecular weight is 491 g/mol. The fraction of sp³-hybridized carbons (Fsp3) is 0.407. The molecule has 1 aromatic heterocycles. The number of hydrogen-bond donors (Lipinski definition) is 1. The first-order valence-corrected chi connectivity index (χ1v) is 12.4. The molecule has 1 aliphatic heterocycles. The van der Waals surface area contributed by atoms with Gasteiger partial charge in [0, 0.05) is 38.0 Å². The number of aromatic nitrogens is 2. The standard InChI is InChI=1S/C27H30N4O5/c1-35-22-15-19(26(33)30-13-5-6-14-30)21(16-23(22)36-2)29-25(32)12-11-24-28-20-8-4-3-7-18(20)27(34)31(24)17-9-10-17/h3-4,7-8,15-17H,5-6,9-14H2,1-2H3,(H,29,32). The molecule has 1 aliphatic carbocycles. The maximum absolute atomic E-state index is 13.2. The van der Waals surface area contributed by atoms with Crippen LogP contribution in [0.15, 0.2) is 41.2 Å². The van der Waals surface area contributed by atoms with E-state index in [2.05, 4.69) is 5.32 Å². The molecule has 3 aromatic rings. The third kappa shape index (κ3) is 4.65. The third-order valence-electron chi connectivity index (χ3n) is 6.79. The van der Waals surface area contributed by atoms with Gasteiger partial charge in [-0.15, -0.1) is 0 Å². The number of nitrogens with one attached hydrogen (secondary N) is 1. The average Bonchev–Trinajstić information content (AvgIpc) is 3.58. The number of rotatable bonds is 8. The van der Waals surface area contributed by atoms with Gasteiger partial charge in [0.1, 0.15) is 5.82 Å². The first-order chi connectivity index (χ1) is 17.5. The molecule has 1 saturated carbocycles. The van der Waals surface area contributed by atoms with E-state index in [1.54, 1.807) is 27.7 Å². The molecule has 188 valence electrons. The van der Waals surface area contributed by atoms with Crippen LogP contribution in [-0.4, -0.2) is 53.6 Å². The zero-order valence-electron chi connectivity index (χ0n) is 20.6. The van der Waals surface area contributed by atoms with Gasteiger partial charge in [-0.2, -0.15) is 0 Å². The van der Waals surface area contributed by atoms with Crippen LogP contribution in [0.3, 0.4) is 0 Å². The van der Waals surface area contributed by atoms with Crippen LogP contribution < -0.4 is 20.3 Å². The highest BCUT2D eigenvalue weighted by atomic mass is 16.5. The molecule has 0 unspecified atom stereocenters. The highest BCUT2D eigenvalue weighted by Crippen LogP contribution is 2.36. The number of likely N-dealkylation sites (tertiary alicyclic amines) is 1. The minimum Gasteiger partial charge on any atom is -0.493 e. The van der Waals surface area contributed by atoms with Crippen LogP contribution in [0.1, 0.15) is 54.3 Å². The van der Waals surface area contributed by atoms with Crippen LogP contribution in [-0.2, 0) is 11.2 Å². The number of ether oxygens (including phenoxy) is 2. The van der Waals surface area contributed by atoms with Crippen molar-refractivity contribution in [3.63, 3.8) is 0 Å². The van der Waals surface area contributed by atoms with Gasteiger partial charge >= 0.3 is 0 Å². The van der Waals surface area contributed by atoms with Crippen molar-refractivity contribution in [3.05, 3.63) is 58.1 Å². The van der Waals surface area contributed by atoms with Gasteiger partial charge in [-0.05, 0) is 43.9 Å². The predicted molar refractivity (Wildman–Crippen MR) is 136 cm³/mol. The van der Waals surface area contributed by atoms with Gasteiger partial charge in [0.15, 0.2) is 11.5 Å². The number of hydrogen-bond acceptors (Lipinski definition) is 6. The van der Waals surface area contributed by atoms with E-state index in [0.717, 1.165) is 25.7 Å². The maximum Gasteiger partial charge on any atom is 0.261 e. The van der Waals surface area contributed by atoms with E-state index in [4.69, 9.17) is 14.5 Å². The summed E-state index contributed by atoms with van der Waals surface area (Å²) < 4.78 is 12.5. The van der Waals surface area contributed by atoms with Gasteiger partial charge in [0.05, 0.1) is 36.4 Å². The van der Waals surface area contributed by atoms with Gasteiger partial charge in [-0.1, -0.05) is 12.1 Å². The van der Waals surface area contributed by atoms with Gasteiger partial charge in [0.2, 0.25) is 5.91 Å². The van der Waals surface area contributed by atoms with E-state index in [1.807, 2.05) is 18.2 Å². The smallest absolute Gasteiger partial charge is 0.261 e. The molecule has 2 amide bonds. The Hall–Kier alpha value is -3.88. The summed E-state index contributed by atoms with van der Waals surface area (Å²) in [6.07, 6.45) is 4.22. The molecule has 5 rings (SSSR count). The summed E-state index contributed by atoms with van der Waals surface area (Å²) in [5.74, 6) is 1.03. The zero-order valence-corrected chi connectivity index (χ0v) is 20.6. The number of benzene rings is 2. The number of para-hydroxylation sites is 1. The number of methoxy groups -OCH3 is 2. The fourth-order valence-corrected chi connectivity index (χ4v) is 4.77. The lowest BCUT2D eigenvalue weighted by atomic mass is 10.1. The molecule has 36 heavy (non-hydrogen) atoms. The summed E-state index contributed by atoms with van der Waals surface area (Å²) in [5, 5.41) is 3.48. The second-order valence-corrected chi connectivity index (χ2v) is 9.25. The molecule has 0 bridgehead atoms. The Labute approximate surface area is 209 Å². The molecule has 2 aliphatic rings. The molecular formula is C27H30N4O5. The molecule has 0 radical (unpaired) electrons. The number of nitrogens with zero attached hydrogens (tertiary/aromatic N) is 3. The van der Waals surface area contributed by atoms with Crippen LogP contribution >= 0.6 is 0 Å². The van der Waals surface area contributed by atoms with Crippen LogP contribution in [0, 0.1) is 0 Å². The molecule has 9 heteroatoms. The second kappa shape index (κ2) is 10.0. The Kier molecular flexibility index (Phi) is 6.63. The first-order valence-electron chi connectivity index (χ1n) is 12.4. The molecule has 2 heterocycles. The van der Waals surface area contributed by atoms with Crippen molar-refractivity contribution in [2.45, 2.75) is 44.6 Å². The van der Waals surface area contributed by atoms with Crippen molar-refractivity contribution in [1.29, 1.82) is 0 Å². The van der Waals surface area contributed by atoms with Crippen molar-refractivity contribution in [3.8, 4) is 11.5 Å².